The average molecular weight is 354 g/mol. The topological polar surface area (TPSA) is 32.5 Å². The molecular formula is C22H31N3O. The van der Waals surface area contributed by atoms with Crippen LogP contribution in [0.5, 0.6) is 0 Å². The highest BCUT2D eigenvalue weighted by molar-refractivity contribution is 5.15. The normalized spacial score (nSPS) is 23.9. The van der Waals surface area contributed by atoms with Gasteiger partial charge in [0.15, 0.2) is 5.89 Å². The summed E-state index contributed by atoms with van der Waals surface area (Å²) >= 11 is 0. The van der Waals surface area contributed by atoms with Crippen LogP contribution in [0.2, 0.25) is 0 Å². The van der Waals surface area contributed by atoms with Gasteiger partial charge in [-0.25, -0.2) is 4.98 Å². The number of benzene rings is 1. The Hall–Kier alpha value is -1.65. The summed E-state index contributed by atoms with van der Waals surface area (Å²) in [5, 5.41) is 0. The molecule has 2 aromatic rings. The summed E-state index contributed by atoms with van der Waals surface area (Å²) in [5.74, 6) is 2.09. The molecule has 1 aromatic heterocycles. The lowest BCUT2D eigenvalue weighted by atomic mass is 9.70. The van der Waals surface area contributed by atoms with Gasteiger partial charge in [-0.2, -0.15) is 0 Å². The quantitative estimate of drug-likeness (QED) is 0.813. The van der Waals surface area contributed by atoms with E-state index in [0.717, 1.165) is 19.0 Å². The number of hydrogen-bond donors (Lipinski definition) is 0. The first kappa shape index (κ1) is 17.7. The van der Waals surface area contributed by atoms with Crippen molar-refractivity contribution in [3.05, 3.63) is 54.2 Å². The molecule has 1 unspecified atom stereocenters. The van der Waals surface area contributed by atoms with E-state index in [2.05, 4.69) is 59.0 Å². The number of oxazole rings is 1. The van der Waals surface area contributed by atoms with Crippen LogP contribution < -0.4 is 0 Å². The highest BCUT2D eigenvalue weighted by Gasteiger charge is 2.50. The number of nitrogens with zero attached hydrogens (tertiary/aromatic N) is 3. The van der Waals surface area contributed by atoms with Gasteiger partial charge in [-0.05, 0) is 42.8 Å². The van der Waals surface area contributed by atoms with Crippen LogP contribution in [0.4, 0.5) is 0 Å². The summed E-state index contributed by atoms with van der Waals surface area (Å²) in [6.07, 6.45) is 6.01. The molecule has 2 fully saturated rings. The summed E-state index contributed by atoms with van der Waals surface area (Å²) in [6.45, 7) is 11.5. The van der Waals surface area contributed by atoms with E-state index in [4.69, 9.17) is 4.42 Å². The average Bonchev–Trinajstić information content (AvgIpc) is 3.26. The Balaban J connectivity index is 1.45. The highest BCUT2D eigenvalue weighted by atomic mass is 16.3. The molecule has 2 aliphatic rings. The fraction of sp³-hybridized carbons (Fsp3) is 0.591. The van der Waals surface area contributed by atoms with Crippen molar-refractivity contribution in [3.63, 3.8) is 0 Å². The summed E-state index contributed by atoms with van der Waals surface area (Å²) in [4.78, 5) is 9.80. The smallest absolute Gasteiger partial charge is 0.198 e. The maximum Gasteiger partial charge on any atom is 0.198 e. The molecule has 2 saturated heterocycles. The van der Waals surface area contributed by atoms with E-state index >= 15 is 0 Å². The third-order valence-corrected chi connectivity index (χ3v) is 6.19. The van der Waals surface area contributed by atoms with Gasteiger partial charge < -0.3 is 9.32 Å². The molecule has 3 heterocycles. The lowest BCUT2D eigenvalue weighted by Crippen LogP contribution is -2.43. The maximum absolute atomic E-state index is 5.77. The Morgan fingerprint density at radius 3 is 2.58 bits per heavy atom. The number of aromatic nitrogens is 1. The first-order chi connectivity index (χ1) is 12.6. The Morgan fingerprint density at radius 2 is 1.92 bits per heavy atom. The van der Waals surface area contributed by atoms with Crippen molar-refractivity contribution >= 4 is 0 Å². The van der Waals surface area contributed by atoms with Crippen molar-refractivity contribution < 1.29 is 4.42 Å². The third-order valence-electron chi connectivity index (χ3n) is 6.19. The van der Waals surface area contributed by atoms with Crippen molar-refractivity contribution in [3.8, 4) is 0 Å². The van der Waals surface area contributed by atoms with Crippen LogP contribution in [-0.4, -0.2) is 47.5 Å². The van der Waals surface area contributed by atoms with Crippen molar-refractivity contribution in [1.82, 2.24) is 14.8 Å². The van der Waals surface area contributed by atoms with Crippen molar-refractivity contribution in [2.24, 2.45) is 11.3 Å². The third kappa shape index (κ3) is 3.72. The molecule has 0 N–H and O–H groups in total. The Kier molecular flexibility index (Phi) is 5.14. The Morgan fingerprint density at radius 1 is 1.15 bits per heavy atom. The van der Waals surface area contributed by atoms with Crippen molar-refractivity contribution in [2.45, 2.75) is 39.2 Å². The van der Waals surface area contributed by atoms with Gasteiger partial charge in [0.1, 0.15) is 6.26 Å². The van der Waals surface area contributed by atoms with Crippen LogP contribution in [0.1, 0.15) is 44.1 Å². The second-order valence-electron chi connectivity index (χ2n) is 8.63. The molecule has 1 spiro atoms. The van der Waals surface area contributed by atoms with E-state index in [-0.39, 0.29) is 0 Å². The molecule has 1 atom stereocenters. The predicted octanol–water partition coefficient (Wildman–Crippen LogP) is 4.01. The molecular weight excluding hydrogens is 322 g/mol. The molecule has 2 aliphatic heterocycles. The minimum atomic E-state index is 0.326. The van der Waals surface area contributed by atoms with Gasteiger partial charge in [0.2, 0.25) is 0 Å². The molecule has 0 bridgehead atoms. The summed E-state index contributed by atoms with van der Waals surface area (Å²) in [5.41, 5.74) is 1.74. The molecule has 4 heteroatoms. The molecule has 0 amide bonds. The van der Waals surface area contributed by atoms with Crippen LogP contribution in [-0.2, 0) is 6.54 Å². The van der Waals surface area contributed by atoms with Gasteiger partial charge in [-0.3, -0.25) is 4.90 Å². The van der Waals surface area contributed by atoms with Crippen LogP contribution in [0.15, 0.2) is 47.2 Å². The zero-order chi connectivity index (χ0) is 18.0. The summed E-state index contributed by atoms with van der Waals surface area (Å²) in [7, 11) is 0. The van der Waals surface area contributed by atoms with E-state index in [1.54, 1.807) is 12.5 Å². The van der Waals surface area contributed by atoms with Gasteiger partial charge in [0.25, 0.3) is 0 Å². The molecule has 0 aliphatic carbocycles. The van der Waals surface area contributed by atoms with Gasteiger partial charge in [-0.1, -0.05) is 44.2 Å². The van der Waals surface area contributed by atoms with Crippen LogP contribution in [0, 0.1) is 11.3 Å². The highest BCUT2D eigenvalue weighted by Crippen LogP contribution is 2.49. The first-order valence-electron chi connectivity index (χ1n) is 10.0. The minimum absolute atomic E-state index is 0.326. The molecule has 4 nitrogen and oxygen atoms in total. The van der Waals surface area contributed by atoms with E-state index < -0.39 is 0 Å². The fourth-order valence-corrected chi connectivity index (χ4v) is 4.98. The number of rotatable bonds is 5. The monoisotopic (exact) mass is 353 g/mol. The zero-order valence-corrected chi connectivity index (χ0v) is 16.1. The Labute approximate surface area is 157 Å². The lowest BCUT2D eigenvalue weighted by Gasteiger charge is -2.42. The Bertz CT molecular complexity index is 675. The lowest BCUT2D eigenvalue weighted by molar-refractivity contribution is 0.0850. The summed E-state index contributed by atoms with van der Waals surface area (Å²) in [6, 6.07) is 10.8. The van der Waals surface area contributed by atoms with Gasteiger partial charge in [0, 0.05) is 26.2 Å². The second-order valence-corrected chi connectivity index (χ2v) is 8.63. The SMILES string of the molecule is CC(C)CN1CC(c2ncco2)C2(CCN(Cc3ccccc3)CC2)C1. The second kappa shape index (κ2) is 7.53. The molecule has 26 heavy (non-hydrogen) atoms. The fourth-order valence-electron chi connectivity index (χ4n) is 4.98. The molecule has 1 aromatic carbocycles. The maximum atomic E-state index is 5.77. The molecule has 0 radical (unpaired) electrons. The van der Waals surface area contributed by atoms with E-state index in [1.165, 1.54) is 44.6 Å². The van der Waals surface area contributed by atoms with Gasteiger partial charge in [-0.15, -0.1) is 0 Å². The van der Waals surface area contributed by atoms with Crippen LogP contribution >= 0.6 is 0 Å². The van der Waals surface area contributed by atoms with Crippen molar-refractivity contribution in [1.29, 1.82) is 0 Å². The molecule has 4 rings (SSSR count). The standard InChI is InChI=1S/C22H31N3O/c1-18(2)14-25-16-20(21-23-10-13-26-21)22(17-25)8-11-24(12-9-22)15-19-6-4-3-5-7-19/h3-7,10,13,18,20H,8-9,11-12,14-17H2,1-2H3. The van der Waals surface area contributed by atoms with Crippen LogP contribution in [0.25, 0.3) is 0 Å². The van der Waals surface area contributed by atoms with Gasteiger partial charge >= 0.3 is 0 Å². The first-order valence-corrected chi connectivity index (χ1v) is 10.0. The molecule has 0 saturated carbocycles. The van der Waals surface area contributed by atoms with Gasteiger partial charge in [0.05, 0.1) is 12.1 Å². The predicted molar refractivity (Wildman–Crippen MR) is 104 cm³/mol. The van der Waals surface area contributed by atoms with E-state index in [0.29, 0.717) is 17.3 Å². The minimum Gasteiger partial charge on any atom is -0.449 e. The van der Waals surface area contributed by atoms with Crippen molar-refractivity contribution in [2.75, 3.05) is 32.7 Å². The zero-order valence-electron chi connectivity index (χ0n) is 16.1. The molecule has 140 valence electrons. The summed E-state index contributed by atoms with van der Waals surface area (Å²) < 4.78 is 5.77. The number of hydrogen-bond acceptors (Lipinski definition) is 4. The largest absolute Gasteiger partial charge is 0.449 e. The van der Waals surface area contributed by atoms with E-state index in [1.807, 2.05) is 0 Å². The van der Waals surface area contributed by atoms with Crippen LogP contribution in [0.3, 0.4) is 0 Å². The van der Waals surface area contributed by atoms with E-state index in [9.17, 15) is 0 Å². The number of likely N-dealkylation sites (tertiary alicyclic amines) is 2. The number of piperidine rings is 1.